The molecule has 138 valence electrons. The molecule has 1 aromatic rings. The van der Waals surface area contributed by atoms with Crippen LogP contribution in [0.2, 0.25) is 0 Å². The van der Waals surface area contributed by atoms with Crippen molar-refractivity contribution in [2.24, 2.45) is 5.92 Å². The molecule has 0 aromatic carbocycles. The van der Waals surface area contributed by atoms with Crippen molar-refractivity contribution in [3.63, 3.8) is 0 Å². The summed E-state index contributed by atoms with van der Waals surface area (Å²) in [6, 6.07) is 3.35. The number of hydrogen-bond donors (Lipinski definition) is 1. The number of hydrogen-bond acceptors (Lipinski definition) is 4. The number of thiophene rings is 1. The number of likely N-dealkylation sites (tertiary alicyclic amines) is 1. The van der Waals surface area contributed by atoms with Crippen molar-refractivity contribution in [3.8, 4) is 0 Å². The molecule has 1 aliphatic carbocycles. The van der Waals surface area contributed by atoms with E-state index in [0.717, 1.165) is 32.2 Å². The molecule has 1 aliphatic heterocycles. The van der Waals surface area contributed by atoms with Gasteiger partial charge in [-0.1, -0.05) is 17.7 Å². The van der Waals surface area contributed by atoms with Crippen LogP contribution in [0.1, 0.15) is 44.9 Å². The molecule has 1 N–H and O–H groups in total. The highest BCUT2D eigenvalue weighted by atomic mass is 32.2. The van der Waals surface area contributed by atoms with Crippen molar-refractivity contribution >= 4 is 27.3 Å². The van der Waals surface area contributed by atoms with Crippen LogP contribution in [0.3, 0.4) is 0 Å². The second-order valence-corrected chi connectivity index (χ2v) is 9.86. The summed E-state index contributed by atoms with van der Waals surface area (Å²) in [5.41, 5.74) is 1.27. The summed E-state index contributed by atoms with van der Waals surface area (Å²) in [6.07, 6.45) is 9.21. The summed E-state index contributed by atoms with van der Waals surface area (Å²) in [7, 11) is -3.42. The molecular formula is C18H26N2O3S2. The van der Waals surface area contributed by atoms with Crippen molar-refractivity contribution < 1.29 is 13.2 Å². The normalized spacial score (nSPS) is 21.8. The minimum absolute atomic E-state index is 0.188. The fourth-order valence-corrected chi connectivity index (χ4v) is 5.70. The van der Waals surface area contributed by atoms with Crippen LogP contribution in [-0.4, -0.2) is 38.9 Å². The van der Waals surface area contributed by atoms with Crippen LogP contribution in [0.4, 0.5) is 0 Å². The Hall–Kier alpha value is -1.18. The quantitative estimate of drug-likeness (QED) is 0.769. The zero-order valence-corrected chi connectivity index (χ0v) is 16.1. The second-order valence-electron chi connectivity index (χ2n) is 6.92. The Kier molecular flexibility index (Phi) is 6.30. The van der Waals surface area contributed by atoms with Crippen molar-refractivity contribution in [2.75, 3.05) is 19.6 Å². The summed E-state index contributed by atoms with van der Waals surface area (Å²) in [5.74, 6) is 0.381. The van der Waals surface area contributed by atoms with E-state index in [-0.39, 0.29) is 11.8 Å². The first-order chi connectivity index (χ1) is 12.0. The lowest BCUT2D eigenvalue weighted by molar-refractivity contribution is -0.132. The van der Waals surface area contributed by atoms with E-state index in [1.807, 2.05) is 4.90 Å². The Morgan fingerprint density at radius 1 is 1.32 bits per heavy atom. The van der Waals surface area contributed by atoms with Gasteiger partial charge < -0.3 is 4.90 Å². The van der Waals surface area contributed by atoms with Crippen LogP contribution >= 0.6 is 11.3 Å². The summed E-state index contributed by atoms with van der Waals surface area (Å²) < 4.78 is 27.5. The molecule has 3 rings (SSSR count). The molecular weight excluding hydrogens is 356 g/mol. The molecule has 0 radical (unpaired) electrons. The lowest BCUT2D eigenvalue weighted by Gasteiger charge is -2.33. The maximum Gasteiger partial charge on any atom is 0.250 e. The Morgan fingerprint density at radius 3 is 2.92 bits per heavy atom. The Morgan fingerprint density at radius 2 is 2.20 bits per heavy atom. The molecule has 0 saturated carbocycles. The van der Waals surface area contributed by atoms with Crippen LogP contribution < -0.4 is 4.72 Å². The van der Waals surface area contributed by atoms with E-state index in [2.05, 4.69) is 10.8 Å². The van der Waals surface area contributed by atoms with E-state index in [4.69, 9.17) is 0 Å². The molecule has 7 heteroatoms. The van der Waals surface area contributed by atoms with Gasteiger partial charge in [0, 0.05) is 26.1 Å². The van der Waals surface area contributed by atoms with E-state index < -0.39 is 10.0 Å². The van der Waals surface area contributed by atoms with Gasteiger partial charge in [-0.2, -0.15) is 0 Å². The van der Waals surface area contributed by atoms with Gasteiger partial charge in [0.2, 0.25) is 15.9 Å². The van der Waals surface area contributed by atoms with Crippen molar-refractivity contribution in [2.45, 2.75) is 49.2 Å². The van der Waals surface area contributed by atoms with E-state index in [1.165, 1.54) is 29.8 Å². The second kappa shape index (κ2) is 8.47. The van der Waals surface area contributed by atoms with Crippen LogP contribution in [0, 0.1) is 5.92 Å². The molecule has 0 spiro atoms. The third-order valence-electron chi connectivity index (χ3n) is 4.96. The SMILES string of the molecule is O=C(CC1=CCCCC1)N1CCC[C@@H](CNS(=O)(=O)c2cccs2)C1. The molecule has 2 heterocycles. The largest absolute Gasteiger partial charge is 0.342 e. The summed E-state index contributed by atoms with van der Waals surface area (Å²) >= 11 is 1.22. The van der Waals surface area contributed by atoms with Crippen molar-refractivity contribution in [1.29, 1.82) is 0 Å². The lowest BCUT2D eigenvalue weighted by atomic mass is 9.95. The number of rotatable bonds is 6. The molecule has 0 bridgehead atoms. The molecule has 1 atom stereocenters. The predicted molar refractivity (Wildman–Crippen MR) is 100.0 cm³/mol. The molecule has 1 amide bonds. The van der Waals surface area contributed by atoms with Crippen LogP contribution in [0.25, 0.3) is 0 Å². The van der Waals surface area contributed by atoms with Gasteiger partial charge in [-0.3, -0.25) is 4.79 Å². The van der Waals surface area contributed by atoms with Gasteiger partial charge >= 0.3 is 0 Å². The third kappa shape index (κ3) is 5.15. The number of sulfonamides is 1. The van der Waals surface area contributed by atoms with Gasteiger partial charge in [0.1, 0.15) is 4.21 Å². The predicted octanol–water partition coefficient (Wildman–Crippen LogP) is 3.16. The molecule has 1 fully saturated rings. The van der Waals surface area contributed by atoms with Crippen LogP contribution in [0.15, 0.2) is 33.4 Å². The Bertz CT molecular complexity index is 711. The fourth-order valence-electron chi connectivity index (χ4n) is 3.54. The number of nitrogens with one attached hydrogen (secondary N) is 1. The highest BCUT2D eigenvalue weighted by molar-refractivity contribution is 7.91. The van der Waals surface area contributed by atoms with E-state index >= 15 is 0 Å². The average molecular weight is 383 g/mol. The van der Waals surface area contributed by atoms with Crippen molar-refractivity contribution in [1.82, 2.24) is 9.62 Å². The molecule has 25 heavy (non-hydrogen) atoms. The number of carbonyl (C=O) groups excluding carboxylic acids is 1. The highest BCUT2D eigenvalue weighted by Crippen LogP contribution is 2.23. The van der Waals surface area contributed by atoms with E-state index in [0.29, 0.717) is 23.7 Å². The first kappa shape index (κ1) is 18.6. The summed E-state index contributed by atoms with van der Waals surface area (Å²) in [5, 5.41) is 1.76. The minimum atomic E-state index is -3.42. The number of carbonyl (C=O) groups is 1. The molecule has 2 aliphatic rings. The van der Waals surface area contributed by atoms with Crippen molar-refractivity contribution in [3.05, 3.63) is 29.2 Å². The highest BCUT2D eigenvalue weighted by Gasteiger charge is 2.26. The maximum atomic E-state index is 12.5. The number of amides is 1. The van der Waals surface area contributed by atoms with Gasteiger partial charge in [0.15, 0.2) is 0 Å². The molecule has 1 saturated heterocycles. The van der Waals surface area contributed by atoms with Gasteiger partial charge in [-0.25, -0.2) is 13.1 Å². The fraction of sp³-hybridized carbons (Fsp3) is 0.611. The standard InChI is InChI=1S/C18H26N2O3S2/c21-17(12-15-6-2-1-3-7-15)20-10-4-8-16(14-20)13-19-25(22,23)18-9-5-11-24-18/h5-6,9,11,16,19H,1-4,7-8,10,12-14H2/t16-/m0/s1. The van der Waals surface area contributed by atoms with E-state index in [1.54, 1.807) is 17.5 Å². The summed E-state index contributed by atoms with van der Waals surface area (Å²) in [6.45, 7) is 1.84. The number of nitrogens with zero attached hydrogens (tertiary/aromatic N) is 1. The zero-order chi connectivity index (χ0) is 17.7. The Balaban J connectivity index is 1.51. The maximum absolute atomic E-state index is 12.5. The van der Waals surface area contributed by atoms with Gasteiger partial charge in [0.25, 0.3) is 0 Å². The number of piperidine rings is 1. The smallest absolute Gasteiger partial charge is 0.250 e. The molecule has 0 unspecified atom stereocenters. The first-order valence-corrected chi connectivity index (χ1v) is 11.4. The van der Waals surface area contributed by atoms with Gasteiger partial charge in [0.05, 0.1) is 0 Å². The van der Waals surface area contributed by atoms with Gasteiger partial charge in [-0.05, 0) is 55.9 Å². The third-order valence-corrected chi connectivity index (χ3v) is 7.78. The summed E-state index contributed by atoms with van der Waals surface area (Å²) in [4.78, 5) is 14.5. The minimum Gasteiger partial charge on any atom is -0.342 e. The zero-order valence-electron chi connectivity index (χ0n) is 14.4. The monoisotopic (exact) mass is 382 g/mol. The van der Waals surface area contributed by atoms with E-state index in [9.17, 15) is 13.2 Å². The van der Waals surface area contributed by atoms with Crippen LogP contribution in [-0.2, 0) is 14.8 Å². The van der Waals surface area contributed by atoms with Crippen LogP contribution in [0.5, 0.6) is 0 Å². The molecule has 1 aromatic heterocycles. The molecule has 5 nitrogen and oxygen atoms in total. The number of allylic oxidation sites excluding steroid dienone is 1. The lowest BCUT2D eigenvalue weighted by Crippen LogP contribution is -2.43. The first-order valence-electron chi connectivity index (χ1n) is 9.03. The topological polar surface area (TPSA) is 66.5 Å². The average Bonchev–Trinajstić information content (AvgIpc) is 3.17. The Labute approximate surface area is 154 Å². The van der Waals surface area contributed by atoms with Gasteiger partial charge in [-0.15, -0.1) is 11.3 Å².